The monoisotopic (exact) mass is 403 g/mol. The van der Waals surface area contributed by atoms with Gasteiger partial charge < -0.3 is 0 Å². The van der Waals surface area contributed by atoms with Crippen LogP contribution in [0.3, 0.4) is 0 Å². The maximum Gasteiger partial charge on any atom is 0.142 e. The summed E-state index contributed by atoms with van der Waals surface area (Å²) in [5, 5.41) is 2.34. The Hall–Kier alpha value is -3.12. The standard InChI is InChI=1S/C25H19F2NS/c1-2-3-4-19-15-24(26)23(25(27)16-19)14-7-18-5-8-20(9-6-18)21-10-12-22(13-11-21)28-17-29/h5-6,8-13,15-16H,2-4H2,1H3. The number of hydrogen-bond acceptors (Lipinski definition) is 2. The molecular formula is C25H19F2NS. The van der Waals surface area contributed by atoms with Gasteiger partial charge in [0.15, 0.2) is 0 Å². The minimum absolute atomic E-state index is 0.191. The third kappa shape index (κ3) is 5.45. The van der Waals surface area contributed by atoms with Crippen molar-refractivity contribution in [2.24, 2.45) is 4.99 Å². The normalized spacial score (nSPS) is 10.0. The molecule has 29 heavy (non-hydrogen) atoms. The van der Waals surface area contributed by atoms with Crippen LogP contribution < -0.4 is 0 Å². The summed E-state index contributed by atoms with van der Waals surface area (Å²) in [5.74, 6) is 4.25. The van der Waals surface area contributed by atoms with Gasteiger partial charge in [0.1, 0.15) is 11.6 Å². The smallest absolute Gasteiger partial charge is 0.142 e. The third-order valence-corrected chi connectivity index (χ3v) is 4.60. The molecule has 0 N–H and O–H groups in total. The number of halogens is 2. The van der Waals surface area contributed by atoms with Crippen LogP contribution in [0, 0.1) is 23.5 Å². The molecule has 3 rings (SSSR count). The summed E-state index contributed by atoms with van der Waals surface area (Å²) in [5.41, 5.74) is 3.93. The zero-order chi connectivity index (χ0) is 20.6. The summed E-state index contributed by atoms with van der Waals surface area (Å²) < 4.78 is 28.5. The van der Waals surface area contributed by atoms with Gasteiger partial charge in [-0.3, -0.25) is 0 Å². The topological polar surface area (TPSA) is 12.4 Å². The first kappa shape index (κ1) is 20.6. The summed E-state index contributed by atoms with van der Waals surface area (Å²) in [6.45, 7) is 2.04. The van der Waals surface area contributed by atoms with Crippen LogP contribution >= 0.6 is 12.2 Å². The van der Waals surface area contributed by atoms with Gasteiger partial charge in [-0.25, -0.2) is 8.78 Å². The van der Waals surface area contributed by atoms with E-state index in [4.69, 9.17) is 0 Å². The Bertz CT molecular complexity index is 1080. The summed E-state index contributed by atoms with van der Waals surface area (Å²) in [6, 6.07) is 17.9. The third-order valence-electron chi connectivity index (χ3n) is 4.51. The molecule has 144 valence electrons. The Morgan fingerprint density at radius 3 is 2.00 bits per heavy atom. The highest BCUT2D eigenvalue weighted by molar-refractivity contribution is 7.78. The maximum absolute atomic E-state index is 14.3. The number of hydrogen-bond donors (Lipinski definition) is 0. The summed E-state index contributed by atoms with van der Waals surface area (Å²) in [4.78, 5) is 3.93. The van der Waals surface area contributed by atoms with Crippen LogP contribution in [0.25, 0.3) is 11.1 Å². The van der Waals surface area contributed by atoms with E-state index in [-0.39, 0.29) is 5.56 Å². The van der Waals surface area contributed by atoms with E-state index in [0.717, 1.165) is 29.7 Å². The molecule has 0 atom stereocenters. The fourth-order valence-corrected chi connectivity index (χ4v) is 3.04. The Labute approximate surface area is 175 Å². The van der Waals surface area contributed by atoms with Crippen LogP contribution in [0.1, 0.15) is 36.5 Å². The van der Waals surface area contributed by atoms with Crippen molar-refractivity contribution in [1.82, 2.24) is 0 Å². The van der Waals surface area contributed by atoms with Crippen LogP contribution in [0.2, 0.25) is 0 Å². The Morgan fingerprint density at radius 2 is 1.45 bits per heavy atom. The minimum atomic E-state index is -0.612. The van der Waals surface area contributed by atoms with Gasteiger partial charge in [0.2, 0.25) is 0 Å². The molecule has 0 aliphatic rings. The van der Waals surface area contributed by atoms with E-state index in [0.29, 0.717) is 17.5 Å². The minimum Gasteiger partial charge on any atom is -0.206 e. The average molecular weight is 403 g/mol. The summed E-state index contributed by atoms with van der Waals surface area (Å²) >= 11 is 4.60. The molecule has 0 fully saturated rings. The van der Waals surface area contributed by atoms with Crippen molar-refractivity contribution in [2.75, 3.05) is 0 Å². The van der Waals surface area contributed by atoms with E-state index in [9.17, 15) is 8.78 Å². The number of isothiocyanates is 1. The molecule has 0 unspecified atom stereocenters. The molecule has 0 amide bonds. The molecule has 3 aromatic carbocycles. The van der Waals surface area contributed by atoms with Crippen LogP contribution in [-0.4, -0.2) is 5.16 Å². The first-order chi connectivity index (χ1) is 14.1. The van der Waals surface area contributed by atoms with E-state index in [1.807, 2.05) is 55.5 Å². The number of rotatable bonds is 5. The predicted octanol–water partition coefficient (Wildman–Crippen LogP) is 7.11. The largest absolute Gasteiger partial charge is 0.206 e. The molecule has 0 heterocycles. The quantitative estimate of drug-likeness (QED) is 0.251. The zero-order valence-electron chi connectivity index (χ0n) is 16.0. The first-order valence-corrected chi connectivity index (χ1v) is 9.80. The van der Waals surface area contributed by atoms with E-state index < -0.39 is 11.6 Å². The van der Waals surface area contributed by atoms with Gasteiger partial charge in [0.25, 0.3) is 0 Å². The SMILES string of the molecule is CCCCc1cc(F)c(C#Cc2ccc(-c3ccc(N=C=S)cc3)cc2)c(F)c1. The van der Waals surface area contributed by atoms with Crippen molar-refractivity contribution in [2.45, 2.75) is 26.2 Å². The molecular weight excluding hydrogens is 384 g/mol. The summed E-state index contributed by atoms with van der Waals surface area (Å²) in [6.07, 6.45) is 2.54. The van der Waals surface area contributed by atoms with Crippen molar-refractivity contribution < 1.29 is 8.78 Å². The second kappa shape index (κ2) is 9.89. The second-order valence-electron chi connectivity index (χ2n) is 6.62. The zero-order valence-corrected chi connectivity index (χ0v) is 16.8. The van der Waals surface area contributed by atoms with Crippen LogP contribution in [0.4, 0.5) is 14.5 Å². The van der Waals surface area contributed by atoms with Crippen LogP contribution in [-0.2, 0) is 6.42 Å². The Kier molecular flexibility index (Phi) is 7.03. The molecule has 1 nitrogen and oxygen atoms in total. The van der Waals surface area contributed by atoms with Crippen LogP contribution in [0.15, 0.2) is 65.7 Å². The number of aliphatic imine (C=N–C) groups is 1. The highest BCUT2D eigenvalue weighted by Crippen LogP contribution is 2.23. The molecule has 0 saturated carbocycles. The number of aryl methyl sites for hydroxylation is 1. The van der Waals surface area contributed by atoms with Gasteiger partial charge in [0.05, 0.1) is 16.4 Å². The molecule has 0 aromatic heterocycles. The Balaban J connectivity index is 1.79. The molecule has 0 aliphatic carbocycles. The van der Waals surface area contributed by atoms with Crippen molar-refractivity contribution in [3.8, 4) is 23.0 Å². The highest BCUT2D eigenvalue weighted by Gasteiger charge is 2.09. The molecule has 0 saturated heterocycles. The lowest BCUT2D eigenvalue weighted by Crippen LogP contribution is -1.95. The van der Waals surface area contributed by atoms with Gasteiger partial charge in [-0.15, -0.1) is 0 Å². The van der Waals surface area contributed by atoms with E-state index in [1.165, 1.54) is 12.1 Å². The van der Waals surface area contributed by atoms with E-state index >= 15 is 0 Å². The number of thiocarbonyl (C=S) groups is 1. The van der Waals surface area contributed by atoms with Gasteiger partial charge >= 0.3 is 0 Å². The molecule has 3 aromatic rings. The fourth-order valence-electron chi connectivity index (χ4n) is 2.93. The first-order valence-electron chi connectivity index (χ1n) is 9.39. The van der Waals surface area contributed by atoms with Crippen molar-refractivity contribution in [3.63, 3.8) is 0 Å². The fraction of sp³-hybridized carbons (Fsp3) is 0.160. The second-order valence-corrected chi connectivity index (χ2v) is 6.80. The lowest BCUT2D eigenvalue weighted by Gasteiger charge is -2.04. The van der Waals surface area contributed by atoms with Crippen LogP contribution in [0.5, 0.6) is 0 Å². The molecule has 0 bridgehead atoms. The lowest BCUT2D eigenvalue weighted by molar-refractivity contribution is 0.572. The maximum atomic E-state index is 14.3. The summed E-state index contributed by atoms with van der Waals surface area (Å²) in [7, 11) is 0. The molecule has 0 radical (unpaired) electrons. The van der Waals surface area contributed by atoms with Crippen molar-refractivity contribution in [1.29, 1.82) is 0 Å². The Morgan fingerprint density at radius 1 is 0.862 bits per heavy atom. The average Bonchev–Trinajstić information content (AvgIpc) is 2.73. The van der Waals surface area contributed by atoms with Gasteiger partial charge in [-0.05, 0) is 78.1 Å². The lowest BCUT2D eigenvalue weighted by atomic mass is 10.0. The van der Waals surface area contributed by atoms with Gasteiger partial charge in [-0.2, -0.15) is 4.99 Å². The van der Waals surface area contributed by atoms with E-state index in [1.54, 1.807) is 0 Å². The predicted molar refractivity (Wildman–Crippen MR) is 118 cm³/mol. The number of nitrogens with zero attached hydrogens (tertiary/aromatic N) is 1. The van der Waals surface area contributed by atoms with Crippen molar-refractivity contribution in [3.05, 3.63) is 89.0 Å². The molecule has 0 spiro atoms. The van der Waals surface area contributed by atoms with Crippen molar-refractivity contribution >= 4 is 23.1 Å². The van der Waals surface area contributed by atoms with Gasteiger partial charge in [0, 0.05) is 5.56 Å². The number of benzene rings is 3. The molecule has 4 heteroatoms. The highest BCUT2D eigenvalue weighted by atomic mass is 32.1. The van der Waals surface area contributed by atoms with Gasteiger partial charge in [-0.1, -0.05) is 49.5 Å². The van der Waals surface area contributed by atoms with E-state index in [2.05, 4.69) is 34.2 Å². The number of unbranched alkanes of at least 4 members (excludes halogenated alkanes) is 1. The molecule has 0 aliphatic heterocycles.